The number of hydrogen-bond acceptors (Lipinski definition) is 5. The van der Waals surface area contributed by atoms with Crippen molar-refractivity contribution in [3.8, 4) is 11.6 Å². The number of ether oxygens (including phenoxy) is 1. The summed E-state index contributed by atoms with van der Waals surface area (Å²) in [6.07, 6.45) is 6.97. The predicted octanol–water partition coefficient (Wildman–Crippen LogP) is 5.03. The van der Waals surface area contributed by atoms with E-state index >= 15 is 0 Å². The highest BCUT2D eigenvalue weighted by Crippen LogP contribution is 2.38. The number of nitrogens with one attached hydrogen (secondary N) is 1. The van der Waals surface area contributed by atoms with Crippen molar-refractivity contribution in [3.63, 3.8) is 0 Å². The average molecular weight is 361 g/mol. The molecule has 5 heteroatoms. The van der Waals surface area contributed by atoms with Gasteiger partial charge in [-0.2, -0.15) is 0 Å². The number of nitrogens with zero attached hydrogens (tertiary/aromatic N) is 2. The van der Waals surface area contributed by atoms with Crippen LogP contribution in [0.2, 0.25) is 0 Å². The molecular weight excluding hydrogens is 338 g/mol. The van der Waals surface area contributed by atoms with E-state index < -0.39 is 0 Å². The smallest absolute Gasteiger partial charge is 0.222 e. The van der Waals surface area contributed by atoms with Crippen LogP contribution in [0.25, 0.3) is 0 Å². The molecule has 0 radical (unpaired) electrons. The molecule has 27 heavy (non-hydrogen) atoms. The molecule has 1 aliphatic rings. The first-order chi connectivity index (χ1) is 13.3. The van der Waals surface area contributed by atoms with Crippen molar-refractivity contribution in [2.24, 2.45) is 0 Å². The molecule has 0 aliphatic heterocycles. The van der Waals surface area contributed by atoms with Crippen molar-refractivity contribution in [1.82, 2.24) is 9.97 Å². The lowest BCUT2D eigenvalue weighted by molar-refractivity contribution is 0.122. The van der Waals surface area contributed by atoms with E-state index in [-0.39, 0.29) is 6.10 Å². The van der Waals surface area contributed by atoms with Crippen LogP contribution < -0.4 is 10.1 Å². The third-order valence-corrected chi connectivity index (χ3v) is 4.94. The Bertz CT molecular complexity index is 860. The van der Waals surface area contributed by atoms with Gasteiger partial charge in [-0.3, -0.25) is 0 Å². The molecule has 2 aromatic heterocycles. The third kappa shape index (κ3) is 4.44. The van der Waals surface area contributed by atoms with Crippen LogP contribution in [-0.4, -0.2) is 21.2 Å². The van der Waals surface area contributed by atoms with Crippen molar-refractivity contribution >= 4 is 11.5 Å². The average Bonchev–Trinajstić information content (AvgIpc) is 2.71. The van der Waals surface area contributed by atoms with Gasteiger partial charge in [-0.1, -0.05) is 12.1 Å². The van der Waals surface area contributed by atoms with E-state index in [1.54, 1.807) is 12.4 Å². The van der Waals surface area contributed by atoms with Gasteiger partial charge in [0.15, 0.2) is 0 Å². The second-order valence-electron chi connectivity index (χ2n) is 6.87. The molecule has 2 heterocycles. The molecule has 0 atom stereocenters. The number of aliphatic hydroxyl groups excluding tert-OH is 1. The maximum absolute atomic E-state index is 9.75. The Morgan fingerprint density at radius 3 is 2.37 bits per heavy atom. The van der Waals surface area contributed by atoms with Gasteiger partial charge in [-0.05, 0) is 74.1 Å². The minimum Gasteiger partial charge on any atom is -0.439 e. The topological polar surface area (TPSA) is 67.3 Å². The highest BCUT2D eigenvalue weighted by molar-refractivity contribution is 5.57. The monoisotopic (exact) mass is 361 g/mol. The molecule has 1 aromatic carbocycles. The summed E-state index contributed by atoms with van der Waals surface area (Å²) in [5.41, 5.74) is 2.07. The van der Waals surface area contributed by atoms with Crippen LogP contribution in [0.4, 0.5) is 11.5 Å². The van der Waals surface area contributed by atoms with Crippen LogP contribution in [0.1, 0.15) is 37.2 Å². The second kappa shape index (κ2) is 8.18. The third-order valence-electron chi connectivity index (χ3n) is 4.94. The SMILES string of the molecule is O[C@H]1CC[C@H](c2cccnc2Oc2ccc(Nc3ccccn3)cc2)CC1. The van der Waals surface area contributed by atoms with Crippen LogP contribution in [0.5, 0.6) is 11.6 Å². The summed E-state index contributed by atoms with van der Waals surface area (Å²) < 4.78 is 6.08. The molecule has 2 N–H and O–H groups in total. The molecule has 3 aromatic rings. The van der Waals surface area contributed by atoms with E-state index in [9.17, 15) is 5.11 Å². The van der Waals surface area contributed by atoms with Crippen LogP contribution in [0.3, 0.4) is 0 Å². The maximum atomic E-state index is 9.75. The molecule has 5 nitrogen and oxygen atoms in total. The van der Waals surface area contributed by atoms with E-state index in [1.165, 1.54) is 0 Å². The summed E-state index contributed by atoms with van der Waals surface area (Å²) in [6, 6.07) is 17.6. The van der Waals surface area contributed by atoms with Crippen molar-refractivity contribution in [3.05, 3.63) is 72.6 Å². The van der Waals surface area contributed by atoms with Gasteiger partial charge in [0.1, 0.15) is 11.6 Å². The number of aliphatic hydroxyl groups is 1. The second-order valence-corrected chi connectivity index (χ2v) is 6.87. The zero-order valence-electron chi connectivity index (χ0n) is 15.1. The highest BCUT2D eigenvalue weighted by atomic mass is 16.5. The number of hydrogen-bond donors (Lipinski definition) is 2. The van der Waals surface area contributed by atoms with Gasteiger partial charge in [0, 0.05) is 23.6 Å². The Balaban J connectivity index is 1.46. The van der Waals surface area contributed by atoms with E-state index in [2.05, 4.69) is 21.4 Å². The van der Waals surface area contributed by atoms with Gasteiger partial charge in [-0.25, -0.2) is 9.97 Å². The van der Waals surface area contributed by atoms with E-state index in [0.29, 0.717) is 11.8 Å². The Hall–Kier alpha value is -2.92. The minimum absolute atomic E-state index is 0.165. The fourth-order valence-corrected chi connectivity index (χ4v) is 3.49. The highest BCUT2D eigenvalue weighted by Gasteiger charge is 2.24. The molecule has 0 saturated heterocycles. The van der Waals surface area contributed by atoms with Crippen molar-refractivity contribution in [2.45, 2.75) is 37.7 Å². The molecule has 0 unspecified atom stereocenters. The van der Waals surface area contributed by atoms with Gasteiger partial charge >= 0.3 is 0 Å². The lowest BCUT2D eigenvalue weighted by Gasteiger charge is -2.26. The van der Waals surface area contributed by atoms with Gasteiger partial charge in [-0.15, -0.1) is 0 Å². The summed E-state index contributed by atoms with van der Waals surface area (Å²) in [4.78, 5) is 8.71. The minimum atomic E-state index is -0.165. The van der Waals surface area contributed by atoms with Crippen LogP contribution in [0, 0.1) is 0 Å². The summed E-state index contributed by atoms with van der Waals surface area (Å²) in [6.45, 7) is 0. The quantitative estimate of drug-likeness (QED) is 0.667. The number of pyridine rings is 2. The number of rotatable bonds is 5. The van der Waals surface area contributed by atoms with E-state index in [4.69, 9.17) is 4.74 Å². The first-order valence-electron chi connectivity index (χ1n) is 9.37. The number of benzene rings is 1. The van der Waals surface area contributed by atoms with Crippen molar-refractivity contribution in [2.75, 3.05) is 5.32 Å². The van der Waals surface area contributed by atoms with Crippen molar-refractivity contribution < 1.29 is 9.84 Å². The normalized spacial score (nSPS) is 19.4. The lowest BCUT2D eigenvalue weighted by atomic mass is 9.83. The molecule has 1 aliphatic carbocycles. The fourth-order valence-electron chi connectivity index (χ4n) is 3.49. The number of aromatic nitrogens is 2. The predicted molar refractivity (Wildman–Crippen MR) is 105 cm³/mol. The Kier molecular flexibility index (Phi) is 5.30. The molecule has 0 amide bonds. The summed E-state index contributed by atoms with van der Waals surface area (Å²) in [5, 5.41) is 13.0. The maximum Gasteiger partial charge on any atom is 0.222 e. The zero-order valence-corrected chi connectivity index (χ0v) is 15.1. The summed E-state index contributed by atoms with van der Waals surface area (Å²) in [7, 11) is 0. The largest absolute Gasteiger partial charge is 0.439 e. The van der Waals surface area contributed by atoms with Gasteiger partial charge in [0.2, 0.25) is 5.88 Å². The van der Waals surface area contributed by atoms with Gasteiger partial charge in [0.25, 0.3) is 0 Å². The number of anilines is 2. The van der Waals surface area contributed by atoms with Crippen LogP contribution >= 0.6 is 0 Å². The first kappa shape index (κ1) is 17.5. The Morgan fingerprint density at radius 2 is 1.63 bits per heavy atom. The molecule has 1 fully saturated rings. The summed E-state index contributed by atoms with van der Waals surface area (Å²) in [5.74, 6) is 2.60. The molecule has 1 saturated carbocycles. The molecule has 138 valence electrons. The van der Waals surface area contributed by atoms with Crippen LogP contribution in [-0.2, 0) is 0 Å². The molecular formula is C22H23N3O2. The molecule has 0 spiro atoms. The molecule has 4 rings (SSSR count). The Labute approximate surface area is 159 Å². The fraction of sp³-hybridized carbons (Fsp3) is 0.273. The summed E-state index contributed by atoms with van der Waals surface area (Å²) >= 11 is 0. The molecule has 0 bridgehead atoms. The zero-order chi connectivity index (χ0) is 18.5. The lowest BCUT2D eigenvalue weighted by Crippen LogP contribution is -2.17. The first-order valence-corrected chi connectivity index (χ1v) is 9.37. The Morgan fingerprint density at radius 1 is 0.852 bits per heavy atom. The van der Waals surface area contributed by atoms with Crippen molar-refractivity contribution in [1.29, 1.82) is 0 Å². The van der Waals surface area contributed by atoms with E-state index in [1.807, 2.05) is 48.5 Å². The van der Waals surface area contributed by atoms with Crippen LogP contribution in [0.15, 0.2) is 67.0 Å². The van der Waals surface area contributed by atoms with Gasteiger partial charge < -0.3 is 15.2 Å². The van der Waals surface area contributed by atoms with Gasteiger partial charge in [0.05, 0.1) is 6.10 Å². The standard InChI is InChI=1S/C22H23N3O2/c26-18-10-6-16(7-11-18)20-4-3-15-24-22(20)27-19-12-8-17(9-13-19)25-21-5-1-2-14-23-21/h1-5,8-9,12-16,18,26H,6-7,10-11H2,(H,23,25)/t16-,18-. The van der Waals surface area contributed by atoms with E-state index in [0.717, 1.165) is 48.5 Å².